The Labute approximate surface area is 154 Å². The van der Waals surface area contributed by atoms with Crippen LogP contribution in [0.2, 0.25) is 0 Å². The summed E-state index contributed by atoms with van der Waals surface area (Å²) in [5, 5.41) is 13.9. The first kappa shape index (κ1) is 18.4. The third kappa shape index (κ3) is 3.89. The van der Waals surface area contributed by atoms with E-state index in [1.54, 1.807) is 6.20 Å². The molecule has 1 aliphatic rings. The van der Waals surface area contributed by atoms with Crippen LogP contribution < -0.4 is 10.6 Å². The van der Waals surface area contributed by atoms with Crippen LogP contribution in [0.25, 0.3) is 10.9 Å². The summed E-state index contributed by atoms with van der Waals surface area (Å²) in [6, 6.07) is 5.81. The lowest BCUT2D eigenvalue weighted by Gasteiger charge is -2.37. The number of hydrogen-bond donors (Lipinski definition) is 3. The minimum absolute atomic E-state index is 0.0502. The number of aromatic amines is 1. The Hall–Kier alpha value is -2.37. The highest BCUT2D eigenvalue weighted by atomic mass is 16.2. The number of nitrogens with one attached hydrogen (secondary N) is 3. The van der Waals surface area contributed by atoms with Gasteiger partial charge in [-0.2, -0.15) is 5.10 Å². The topological polar surface area (TPSA) is 86.9 Å². The van der Waals surface area contributed by atoms with Crippen molar-refractivity contribution in [3.8, 4) is 0 Å². The van der Waals surface area contributed by atoms with E-state index in [0.29, 0.717) is 23.9 Å². The number of benzene rings is 1. The largest absolute Gasteiger partial charge is 0.353 e. The van der Waals surface area contributed by atoms with Crippen LogP contribution in [0, 0.1) is 17.8 Å². The Balaban J connectivity index is 1.43. The lowest BCUT2D eigenvalue weighted by molar-refractivity contribution is -0.127. The van der Waals surface area contributed by atoms with E-state index in [9.17, 15) is 9.59 Å². The summed E-state index contributed by atoms with van der Waals surface area (Å²) in [5.74, 6) is 0.949. The molecule has 0 spiro atoms. The van der Waals surface area contributed by atoms with Crippen LogP contribution in [-0.2, 0) is 4.79 Å². The van der Waals surface area contributed by atoms with Crippen LogP contribution in [-0.4, -0.2) is 34.6 Å². The number of hydrogen-bond acceptors (Lipinski definition) is 3. The molecule has 6 nitrogen and oxygen atoms in total. The van der Waals surface area contributed by atoms with E-state index < -0.39 is 0 Å². The Morgan fingerprint density at radius 3 is 2.81 bits per heavy atom. The lowest BCUT2D eigenvalue weighted by Crippen LogP contribution is -2.49. The molecule has 26 heavy (non-hydrogen) atoms. The van der Waals surface area contributed by atoms with Gasteiger partial charge in [0, 0.05) is 23.9 Å². The molecule has 3 N–H and O–H groups in total. The maximum absolute atomic E-state index is 12.4. The molecule has 1 fully saturated rings. The monoisotopic (exact) mass is 356 g/mol. The molecule has 2 atom stereocenters. The third-order valence-electron chi connectivity index (χ3n) is 5.77. The average Bonchev–Trinajstić information content (AvgIpc) is 3.10. The summed E-state index contributed by atoms with van der Waals surface area (Å²) < 4.78 is 0. The smallest absolute Gasteiger partial charge is 0.252 e. The molecular formula is C20H28N4O2. The molecule has 140 valence electrons. The van der Waals surface area contributed by atoms with Gasteiger partial charge in [0.25, 0.3) is 5.91 Å². The third-order valence-corrected chi connectivity index (χ3v) is 5.77. The molecule has 1 heterocycles. The molecule has 0 bridgehead atoms. The Morgan fingerprint density at radius 1 is 1.31 bits per heavy atom. The average molecular weight is 356 g/mol. The maximum Gasteiger partial charge on any atom is 0.252 e. The van der Waals surface area contributed by atoms with Gasteiger partial charge in [-0.05, 0) is 36.8 Å². The van der Waals surface area contributed by atoms with Crippen molar-refractivity contribution in [2.75, 3.05) is 6.54 Å². The first-order valence-corrected chi connectivity index (χ1v) is 9.50. The van der Waals surface area contributed by atoms with E-state index in [4.69, 9.17) is 0 Å². The van der Waals surface area contributed by atoms with Crippen molar-refractivity contribution in [3.05, 3.63) is 30.0 Å². The zero-order valence-electron chi connectivity index (χ0n) is 15.7. The summed E-state index contributed by atoms with van der Waals surface area (Å²) in [6.45, 7) is 6.86. The zero-order chi connectivity index (χ0) is 18.7. The molecule has 2 aromatic rings. The molecule has 3 rings (SSSR count). The molecule has 1 aliphatic carbocycles. The van der Waals surface area contributed by atoms with Crippen molar-refractivity contribution in [2.45, 2.75) is 46.1 Å². The van der Waals surface area contributed by atoms with E-state index in [2.05, 4.69) is 34.7 Å². The van der Waals surface area contributed by atoms with Gasteiger partial charge in [0.15, 0.2) is 0 Å². The molecule has 0 saturated heterocycles. The standard InChI is InChI=1S/C20H28N4O2/c1-4-12(2)13(3)19(25)23-15-8-14(9-15)10-21-20(26)16-6-5-7-18-17(16)11-22-24-18/h5-7,11-15H,4,8-10H2,1-3H3,(H,21,26)(H,22,24)(H,23,25). The fraction of sp³-hybridized carbons (Fsp3) is 0.550. The van der Waals surface area contributed by atoms with Crippen LogP contribution in [0.4, 0.5) is 0 Å². The van der Waals surface area contributed by atoms with Crippen molar-refractivity contribution in [2.24, 2.45) is 17.8 Å². The minimum atomic E-state index is -0.0742. The minimum Gasteiger partial charge on any atom is -0.353 e. The SMILES string of the molecule is CCC(C)C(C)C(=O)NC1CC(CNC(=O)c2cccc3[nH]ncc23)C1. The second-order valence-corrected chi connectivity index (χ2v) is 7.56. The Bertz CT molecular complexity index is 779. The lowest BCUT2D eigenvalue weighted by atomic mass is 9.79. The van der Waals surface area contributed by atoms with Gasteiger partial charge in [0.2, 0.25) is 5.91 Å². The second-order valence-electron chi connectivity index (χ2n) is 7.56. The predicted octanol–water partition coefficient (Wildman–Crippen LogP) is 2.87. The highest BCUT2D eigenvalue weighted by Gasteiger charge is 2.32. The number of H-pyrrole nitrogens is 1. The van der Waals surface area contributed by atoms with Crippen molar-refractivity contribution >= 4 is 22.7 Å². The van der Waals surface area contributed by atoms with Crippen LogP contribution in [0.15, 0.2) is 24.4 Å². The number of nitrogens with zero attached hydrogens (tertiary/aromatic N) is 1. The van der Waals surface area contributed by atoms with Crippen LogP contribution >= 0.6 is 0 Å². The number of carbonyl (C=O) groups excluding carboxylic acids is 2. The second kappa shape index (κ2) is 7.89. The fourth-order valence-corrected chi connectivity index (χ4v) is 3.46. The van der Waals surface area contributed by atoms with E-state index in [1.165, 1.54) is 0 Å². The van der Waals surface area contributed by atoms with E-state index >= 15 is 0 Å². The molecule has 1 aromatic carbocycles. The van der Waals surface area contributed by atoms with Gasteiger partial charge in [-0.3, -0.25) is 14.7 Å². The first-order valence-electron chi connectivity index (χ1n) is 9.50. The first-order chi connectivity index (χ1) is 12.5. The van der Waals surface area contributed by atoms with Crippen molar-refractivity contribution in [1.29, 1.82) is 0 Å². The zero-order valence-corrected chi connectivity index (χ0v) is 15.7. The van der Waals surface area contributed by atoms with Gasteiger partial charge < -0.3 is 10.6 Å². The summed E-state index contributed by atoms with van der Waals surface area (Å²) in [5.41, 5.74) is 1.50. The summed E-state index contributed by atoms with van der Waals surface area (Å²) >= 11 is 0. The van der Waals surface area contributed by atoms with Crippen molar-refractivity contribution in [3.63, 3.8) is 0 Å². The Kier molecular flexibility index (Phi) is 5.59. The van der Waals surface area contributed by atoms with Gasteiger partial charge in [-0.15, -0.1) is 0 Å². The number of fused-ring (bicyclic) bond motifs is 1. The quantitative estimate of drug-likeness (QED) is 0.713. The van der Waals surface area contributed by atoms with Gasteiger partial charge in [-0.25, -0.2) is 0 Å². The number of carbonyl (C=O) groups is 2. The van der Waals surface area contributed by atoms with E-state index in [1.807, 2.05) is 25.1 Å². The summed E-state index contributed by atoms with van der Waals surface area (Å²) in [7, 11) is 0. The highest BCUT2D eigenvalue weighted by Crippen LogP contribution is 2.28. The van der Waals surface area contributed by atoms with Crippen LogP contribution in [0.1, 0.15) is 50.4 Å². The van der Waals surface area contributed by atoms with Crippen LogP contribution in [0.3, 0.4) is 0 Å². The van der Waals surface area contributed by atoms with Gasteiger partial charge in [-0.1, -0.05) is 33.3 Å². The highest BCUT2D eigenvalue weighted by molar-refractivity contribution is 6.06. The van der Waals surface area contributed by atoms with Gasteiger partial charge in [0.05, 0.1) is 17.3 Å². The fourth-order valence-electron chi connectivity index (χ4n) is 3.46. The van der Waals surface area contributed by atoms with Gasteiger partial charge in [0.1, 0.15) is 0 Å². The summed E-state index contributed by atoms with van der Waals surface area (Å²) in [4.78, 5) is 24.6. The molecule has 2 unspecified atom stereocenters. The van der Waals surface area contributed by atoms with Gasteiger partial charge >= 0.3 is 0 Å². The molecule has 1 aromatic heterocycles. The van der Waals surface area contributed by atoms with E-state index in [0.717, 1.165) is 30.2 Å². The molecule has 6 heteroatoms. The number of amides is 2. The Morgan fingerprint density at radius 2 is 2.08 bits per heavy atom. The van der Waals surface area contributed by atoms with Crippen LogP contribution in [0.5, 0.6) is 0 Å². The number of aromatic nitrogens is 2. The molecule has 1 saturated carbocycles. The van der Waals surface area contributed by atoms with Crippen molar-refractivity contribution < 1.29 is 9.59 Å². The van der Waals surface area contributed by atoms with E-state index in [-0.39, 0.29) is 23.8 Å². The van der Waals surface area contributed by atoms with Crippen molar-refractivity contribution in [1.82, 2.24) is 20.8 Å². The normalized spacial score (nSPS) is 21.7. The summed E-state index contributed by atoms with van der Waals surface area (Å²) in [6.07, 6.45) is 4.54. The molecular weight excluding hydrogens is 328 g/mol. The number of rotatable bonds is 7. The molecule has 0 aliphatic heterocycles. The maximum atomic E-state index is 12.4. The molecule has 2 amide bonds. The predicted molar refractivity (Wildman–Crippen MR) is 102 cm³/mol. The molecule has 0 radical (unpaired) electrons.